The average molecular weight is 320 g/mol. The fourth-order valence-corrected chi connectivity index (χ4v) is 3.49. The fourth-order valence-electron chi connectivity index (χ4n) is 3.37. The van der Waals surface area contributed by atoms with Gasteiger partial charge in [0.2, 0.25) is 0 Å². The van der Waals surface area contributed by atoms with Crippen LogP contribution in [0.15, 0.2) is 28.8 Å². The largest absolute Gasteiger partial charge is 0.481 e. The zero-order valence-corrected chi connectivity index (χ0v) is 13.3. The first-order valence-corrected chi connectivity index (χ1v) is 7.84. The van der Waals surface area contributed by atoms with Crippen LogP contribution in [0, 0.1) is 11.8 Å². The Hall–Kier alpha value is -1.81. The van der Waals surface area contributed by atoms with Crippen molar-refractivity contribution in [1.82, 2.24) is 5.16 Å². The lowest BCUT2D eigenvalue weighted by molar-refractivity contribution is -0.143. The van der Waals surface area contributed by atoms with Crippen molar-refractivity contribution in [1.29, 1.82) is 0 Å². The lowest BCUT2D eigenvalue weighted by Crippen LogP contribution is -2.30. The van der Waals surface area contributed by atoms with Gasteiger partial charge in [0.15, 0.2) is 0 Å². The van der Waals surface area contributed by atoms with Crippen LogP contribution in [-0.2, 0) is 11.2 Å². The molecular formula is C17H18ClNO3. The number of carboxylic acid groups (broad SMARTS) is 1. The zero-order valence-electron chi connectivity index (χ0n) is 12.5. The minimum atomic E-state index is -0.756. The summed E-state index contributed by atoms with van der Waals surface area (Å²) in [7, 11) is 0. The molecule has 1 aliphatic carbocycles. The Balaban J connectivity index is 2.05. The molecule has 1 aromatic heterocycles. The predicted octanol–water partition coefficient (Wildman–Crippen LogP) is 4.38. The molecule has 2 aromatic rings. The Bertz CT molecular complexity index is 690. The van der Waals surface area contributed by atoms with Gasteiger partial charge in [0.05, 0.1) is 5.92 Å². The van der Waals surface area contributed by atoms with Gasteiger partial charge in [-0.05, 0) is 30.9 Å². The van der Waals surface area contributed by atoms with E-state index in [1.807, 2.05) is 38.1 Å². The monoisotopic (exact) mass is 319 g/mol. The highest BCUT2D eigenvalue weighted by molar-refractivity contribution is 6.30. The molecule has 0 radical (unpaired) electrons. The van der Waals surface area contributed by atoms with Gasteiger partial charge in [-0.2, -0.15) is 0 Å². The second-order valence-corrected chi connectivity index (χ2v) is 6.57. The van der Waals surface area contributed by atoms with Crippen molar-refractivity contribution in [2.45, 2.75) is 32.6 Å². The number of nitrogens with zero attached hydrogens (tertiary/aromatic N) is 1. The van der Waals surface area contributed by atoms with Gasteiger partial charge in [-0.1, -0.05) is 42.7 Å². The first kappa shape index (κ1) is 15.1. The Morgan fingerprint density at radius 1 is 1.36 bits per heavy atom. The van der Waals surface area contributed by atoms with Crippen LogP contribution in [0.3, 0.4) is 0 Å². The Kier molecular flexibility index (Phi) is 3.96. The summed E-state index contributed by atoms with van der Waals surface area (Å²) in [6, 6.07) is 7.46. The molecule has 0 amide bonds. The summed E-state index contributed by atoms with van der Waals surface area (Å²) >= 11 is 5.93. The summed E-state index contributed by atoms with van der Waals surface area (Å²) in [5.41, 5.74) is 2.80. The molecule has 0 saturated carbocycles. The number of aliphatic carboxylic acids is 1. The van der Waals surface area contributed by atoms with E-state index in [2.05, 4.69) is 5.16 Å². The Morgan fingerprint density at radius 3 is 2.64 bits per heavy atom. The van der Waals surface area contributed by atoms with Gasteiger partial charge in [-0.15, -0.1) is 0 Å². The highest BCUT2D eigenvalue weighted by Crippen LogP contribution is 2.44. The maximum atomic E-state index is 11.5. The number of hydrogen-bond donors (Lipinski definition) is 1. The van der Waals surface area contributed by atoms with Gasteiger partial charge >= 0.3 is 5.97 Å². The first-order valence-electron chi connectivity index (χ1n) is 7.46. The summed E-state index contributed by atoms with van der Waals surface area (Å²) < 4.78 is 5.58. The molecule has 1 aromatic carbocycles. The van der Waals surface area contributed by atoms with Crippen LogP contribution in [0.2, 0.25) is 5.02 Å². The van der Waals surface area contributed by atoms with Crippen LogP contribution in [0.5, 0.6) is 0 Å². The van der Waals surface area contributed by atoms with E-state index in [0.717, 1.165) is 22.6 Å². The molecule has 0 saturated heterocycles. The summed E-state index contributed by atoms with van der Waals surface area (Å²) in [5, 5.41) is 14.3. The molecule has 0 spiro atoms. The standard InChI is InChI=1S/C17H18ClNO3/c1-9(2)14-12(17(20)21)7-8-13-15(19-22-16(13)14)10-3-5-11(18)6-4-10/h3-6,9,12,14H,7-8H2,1-2H3,(H,20,21). The molecule has 116 valence electrons. The average Bonchev–Trinajstić information content (AvgIpc) is 2.90. The summed E-state index contributed by atoms with van der Waals surface area (Å²) in [6.45, 7) is 4.06. The molecule has 22 heavy (non-hydrogen) atoms. The van der Waals surface area contributed by atoms with Crippen molar-refractivity contribution in [3.05, 3.63) is 40.6 Å². The first-order chi connectivity index (χ1) is 10.5. The van der Waals surface area contributed by atoms with Crippen LogP contribution in [0.4, 0.5) is 0 Å². The quantitative estimate of drug-likeness (QED) is 0.911. The summed E-state index contributed by atoms with van der Waals surface area (Å²) in [5.74, 6) is -0.369. The number of halogens is 1. The minimum absolute atomic E-state index is 0.130. The molecule has 1 heterocycles. The van der Waals surface area contributed by atoms with Crippen LogP contribution >= 0.6 is 11.6 Å². The molecule has 4 nitrogen and oxygen atoms in total. The minimum Gasteiger partial charge on any atom is -0.481 e. The molecular weight excluding hydrogens is 302 g/mol. The number of carbonyl (C=O) groups is 1. The van der Waals surface area contributed by atoms with E-state index in [9.17, 15) is 9.90 Å². The van der Waals surface area contributed by atoms with E-state index in [-0.39, 0.29) is 11.8 Å². The third-order valence-electron chi connectivity index (χ3n) is 4.41. The van der Waals surface area contributed by atoms with Crippen molar-refractivity contribution in [3.63, 3.8) is 0 Å². The number of carboxylic acids is 1. The molecule has 2 atom stereocenters. The van der Waals surface area contributed by atoms with Gasteiger partial charge < -0.3 is 9.63 Å². The molecule has 5 heteroatoms. The van der Waals surface area contributed by atoms with Gasteiger partial charge in [0, 0.05) is 22.1 Å². The molecule has 3 rings (SSSR count). The molecule has 0 fully saturated rings. The second kappa shape index (κ2) is 5.76. The lowest BCUT2D eigenvalue weighted by atomic mass is 9.73. The van der Waals surface area contributed by atoms with Gasteiger partial charge in [0.25, 0.3) is 0 Å². The Labute approximate surface area is 134 Å². The third kappa shape index (κ3) is 2.52. The highest BCUT2D eigenvalue weighted by Gasteiger charge is 2.40. The lowest BCUT2D eigenvalue weighted by Gasteiger charge is -2.29. The maximum Gasteiger partial charge on any atom is 0.307 e. The van der Waals surface area contributed by atoms with Crippen molar-refractivity contribution in [2.75, 3.05) is 0 Å². The SMILES string of the molecule is CC(C)C1c2onc(-c3ccc(Cl)cc3)c2CCC1C(=O)O. The van der Waals surface area contributed by atoms with E-state index >= 15 is 0 Å². The second-order valence-electron chi connectivity index (χ2n) is 6.13. The van der Waals surface area contributed by atoms with Gasteiger partial charge in [0.1, 0.15) is 11.5 Å². The molecule has 0 bridgehead atoms. The van der Waals surface area contributed by atoms with Gasteiger partial charge in [-0.25, -0.2) is 0 Å². The number of rotatable bonds is 3. The number of aromatic nitrogens is 1. The molecule has 1 aliphatic rings. The van der Waals surface area contributed by atoms with Crippen LogP contribution in [0.25, 0.3) is 11.3 Å². The summed E-state index contributed by atoms with van der Waals surface area (Å²) in [4.78, 5) is 11.5. The van der Waals surface area contributed by atoms with Crippen molar-refractivity contribution >= 4 is 17.6 Å². The zero-order chi connectivity index (χ0) is 15.9. The van der Waals surface area contributed by atoms with Crippen LogP contribution in [-0.4, -0.2) is 16.2 Å². The van der Waals surface area contributed by atoms with Crippen LogP contribution in [0.1, 0.15) is 37.5 Å². The van der Waals surface area contributed by atoms with Crippen molar-refractivity contribution in [2.24, 2.45) is 11.8 Å². The number of benzene rings is 1. The van der Waals surface area contributed by atoms with E-state index in [1.165, 1.54) is 0 Å². The predicted molar refractivity (Wildman–Crippen MR) is 84.0 cm³/mol. The third-order valence-corrected chi connectivity index (χ3v) is 4.67. The molecule has 0 aliphatic heterocycles. The molecule has 1 N–H and O–H groups in total. The van der Waals surface area contributed by atoms with Gasteiger partial charge in [-0.3, -0.25) is 4.79 Å². The van der Waals surface area contributed by atoms with E-state index in [0.29, 0.717) is 17.9 Å². The van der Waals surface area contributed by atoms with Crippen molar-refractivity contribution < 1.29 is 14.4 Å². The van der Waals surface area contributed by atoms with E-state index in [4.69, 9.17) is 16.1 Å². The Morgan fingerprint density at radius 2 is 2.05 bits per heavy atom. The van der Waals surface area contributed by atoms with Crippen LogP contribution < -0.4 is 0 Å². The highest BCUT2D eigenvalue weighted by atomic mass is 35.5. The normalized spacial score (nSPS) is 20.9. The van der Waals surface area contributed by atoms with E-state index < -0.39 is 11.9 Å². The number of fused-ring (bicyclic) bond motifs is 1. The van der Waals surface area contributed by atoms with Crippen molar-refractivity contribution in [3.8, 4) is 11.3 Å². The maximum absolute atomic E-state index is 11.5. The topological polar surface area (TPSA) is 63.3 Å². The number of hydrogen-bond acceptors (Lipinski definition) is 3. The smallest absolute Gasteiger partial charge is 0.307 e. The van der Waals surface area contributed by atoms with E-state index in [1.54, 1.807) is 0 Å². The summed E-state index contributed by atoms with van der Waals surface area (Å²) in [6.07, 6.45) is 1.30. The molecule has 2 unspecified atom stereocenters. The fraction of sp³-hybridized carbons (Fsp3) is 0.412.